The van der Waals surface area contributed by atoms with E-state index in [-0.39, 0.29) is 12.1 Å². The highest BCUT2D eigenvalue weighted by Gasteiger charge is 2.48. The number of hydrogen-bond donors (Lipinski definition) is 1. The monoisotopic (exact) mass is 290 g/mol. The number of nitrogens with zero attached hydrogens (tertiary/aromatic N) is 2. The fourth-order valence-corrected chi connectivity index (χ4v) is 3.82. The Labute approximate surface area is 125 Å². The zero-order valence-electron chi connectivity index (χ0n) is 12.3. The molecule has 5 heteroatoms. The van der Waals surface area contributed by atoms with Crippen molar-refractivity contribution in [3.05, 3.63) is 35.9 Å². The highest BCUT2D eigenvalue weighted by Crippen LogP contribution is 2.35. The van der Waals surface area contributed by atoms with E-state index in [1.165, 1.54) is 5.56 Å². The predicted octanol–water partition coefficient (Wildman–Crippen LogP) is 1.89. The highest BCUT2D eigenvalue weighted by molar-refractivity contribution is 5.67. The Kier molecular flexibility index (Phi) is 4.12. The fourth-order valence-electron chi connectivity index (χ4n) is 3.82. The highest BCUT2D eigenvalue weighted by atomic mass is 16.5. The van der Waals surface area contributed by atoms with Crippen molar-refractivity contribution < 1.29 is 14.6 Å². The largest absolute Gasteiger partial charge is 0.465 e. The third kappa shape index (κ3) is 2.89. The Balaban J connectivity index is 1.71. The smallest absolute Gasteiger partial charge is 0.407 e. The van der Waals surface area contributed by atoms with Crippen LogP contribution in [0.25, 0.3) is 0 Å². The molecule has 2 aliphatic rings. The molecule has 114 valence electrons. The van der Waals surface area contributed by atoms with Crippen molar-refractivity contribution in [2.75, 3.05) is 26.8 Å². The molecule has 1 unspecified atom stereocenters. The van der Waals surface area contributed by atoms with E-state index in [4.69, 9.17) is 4.74 Å². The zero-order valence-corrected chi connectivity index (χ0v) is 12.3. The molecule has 0 aromatic heterocycles. The van der Waals surface area contributed by atoms with Crippen molar-refractivity contribution in [1.29, 1.82) is 0 Å². The standard InChI is InChI=1S/C16H22N2O3/c1-21-11-13-7-14-9-17(8-12-5-3-2-4-6-12)10-15(13)18(14)16(19)20/h2-6,13-15H,7-11H2,1H3,(H,19,20)/t13?,14-,15-/m1/s1. The first-order valence-electron chi connectivity index (χ1n) is 7.45. The summed E-state index contributed by atoms with van der Waals surface area (Å²) in [5.74, 6) is 0.317. The van der Waals surface area contributed by atoms with Crippen LogP contribution < -0.4 is 0 Å². The number of hydrogen-bond acceptors (Lipinski definition) is 3. The van der Waals surface area contributed by atoms with Crippen molar-refractivity contribution in [3.8, 4) is 0 Å². The number of ether oxygens (including phenoxy) is 1. The maximum Gasteiger partial charge on any atom is 0.407 e. The minimum Gasteiger partial charge on any atom is -0.465 e. The molecule has 2 heterocycles. The summed E-state index contributed by atoms with van der Waals surface area (Å²) in [5, 5.41) is 9.45. The van der Waals surface area contributed by atoms with Crippen molar-refractivity contribution in [1.82, 2.24) is 9.80 Å². The lowest BCUT2D eigenvalue weighted by Gasteiger charge is -2.40. The molecule has 21 heavy (non-hydrogen) atoms. The van der Waals surface area contributed by atoms with Crippen molar-refractivity contribution >= 4 is 6.09 Å². The lowest BCUT2D eigenvalue weighted by molar-refractivity contribution is 0.0442. The van der Waals surface area contributed by atoms with Crippen LogP contribution in [0.2, 0.25) is 0 Å². The van der Waals surface area contributed by atoms with Crippen LogP contribution in [0.15, 0.2) is 30.3 Å². The number of fused-ring (bicyclic) bond motifs is 2. The van der Waals surface area contributed by atoms with Gasteiger partial charge < -0.3 is 9.84 Å². The summed E-state index contributed by atoms with van der Waals surface area (Å²) in [6, 6.07) is 10.5. The number of rotatable bonds is 4. The first kappa shape index (κ1) is 14.4. The molecule has 3 atom stereocenters. The molecule has 2 aliphatic heterocycles. The second-order valence-electron chi connectivity index (χ2n) is 6.04. The van der Waals surface area contributed by atoms with Gasteiger partial charge in [0.25, 0.3) is 0 Å². The molecular weight excluding hydrogens is 268 g/mol. The van der Waals surface area contributed by atoms with Gasteiger partial charge in [-0.1, -0.05) is 30.3 Å². The minimum atomic E-state index is -0.789. The molecule has 0 aliphatic carbocycles. The molecule has 5 nitrogen and oxygen atoms in total. The van der Waals surface area contributed by atoms with Crippen molar-refractivity contribution in [2.45, 2.75) is 25.0 Å². The summed E-state index contributed by atoms with van der Waals surface area (Å²) in [4.78, 5) is 15.5. The third-order valence-corrected chi connectivity index (χ3v) is 4.63. The maximum atomic E-state index is 11.5. The van der Waals surface area contributed by atoms with Crippen LogP contribution in [0.4, 0.5) is 4.79 Å². The molecule has 2 bridgehead atoms. The molecule has 0 spiro atoms. The topological polar surface area (TPSA) is 53.0 Å². The summed E-state index contributed by atoms with van der Waals surface area (Å²) < 4.78 is 5.28. The average molecular weight is 290 g/mol. The van der Waals surface area contributed by atoms with Crippen LogP contribution in [0.5, 0.6) is 0 Å². The van der Waals surface area contributed by atoms with Crippen molar-refractivity contribution in [2.24, 2.45) is 5.92 Å². The van der Waals surface area contributed by atoms with E-state index in [2.05, 4.69) is 17.0 Å². The number of carbonyl (C=O) groups is 1. The van der Waals surface area contributed by atoms with Gasteiger partial charge in [-0.3, -0.25) is 9.80 Å². The van der Waals surface area contributed by atoms with Crippen LogP contribution in [-0.2, 0) is 11.3 Å². The molecule has 2 saturated heterocycles. The summed E-state index contributed by atoms with van der Waals surface area (Å²) >= 11 is 0. The molecule has 1 N–H and O–H groups in total. The second kappa shape index (κ2) is 6.03. The Morgan fingerprint density at radius 1 is 1.33 bits per heavy atom. The Hall–Kier alpha value is -1.59. The molecule has 0 saturated carbocycles. The van der Waals surface area contributed by atoms with E-state index in [9.17, 15) is 9.90 Å². The van der Waals surface area contributed by atoms with E-state index in [1.54, 1.807) is 12.0 Å². The van der Waals surface area contributed by atoms with Crippen LogP contribution >= 0.6 is 0 Å². The van der Waals surface area contributed by atoms with E-state index >= 15 is 0 Å². The zero-order chi connectivity index (χ0) is 14.8. The van der Waals surface area contributed by atoms with Gasteiger partial charge in [-0.25, -0.2) is 4.79 Å². The predicted molar refractivity (Wildman–Crippen MR) is 79.1 cm³/mol. The summed E-state index contributed by atoms with van der Waals surface area (Å²) in [7, 11) is 1.69. The summed E-state index contributed by atoms with van der Waals surface area (Å²) in [5.41, 5.74) is 1.28. The second-order valence-corrected chi connectivity index (χ2v) is 6.04. The van der Waals surface area contributed by atoms with Gasteiger partial charge in [-0.2, -0.15) is 0 Å². The molecule has 1 amide bonds. The van der Waals surface area contributed by atoms with Gasteiger partial charge in [0.15, 0.2) is 0 Å². The molecule has 1 aromatic carbocycles. The Morgan fingerprint density at radius 2 is 2.10 bits per heavy atom. The summed E-state index contributed by atoms with van der Waals surface area (Å²) in [6.07, 6.45) is 0.124. The van der Waals surface area contributed by atoms with Crippen LogP contribution in [0.1, 0.15) is 12.0 Å². The van der Waals surface area contributed by atoms with Crippen LogP contribution in [0.3, 0.4) is 0 Å². The van der Waals surface area contributed by atoms with E-state index in [0.717, 1.165) is 26.1 Å². The van der Waals surface area contributed by atoms with Gasteiger partial charge in [0.05, 0.1) is 12.6 Å². The van der Waals surface area contributed by atoms with E-state index in [0.29, 0.717) is 12.5 Å². The first-order valence-corrected chi connectivity index (χ1v) is 7.45. The molecular formula is C16H22N2O3. The van der Waals surface area contributed by atoms with Gasteiger partial charge in [-0.05, 0) is 12.0 Å². The number of benzene rings is 1. The van der Waals surface area contributed by atoms with Gasteiger partial charge in [-0.15, -0.1) is 0 Å². The molecule has 2 fully saturated rings. The molecule has 1 aromatic rings. The number of likely N-dealkylation sites (tertiary alicyclic amines) is 1. The maximum absolute atomic E-state index is 11.5. The number of amides is 1. The quantitative estimate of drug-likeness (QED) is 0.920. The molecule has 0 radical (unpaired) electrons. The van der Waals surface area contributed by atoms with Gasteiger partial charge in [0, 0.05) is 38.7 Å². The number of piperazine rings is 1. The lowest BCUT2D eigenvalue weighted by Crippen LogP contribution is -2.56. The molecule has 3 rings (SSSR count). The summed E-state index contributed by atoms with van der Waals surface area (Å²) in [6.45, 7) is 3.15. The van der Waals surface area contributed by atoms with Gasteiger partial charge in [0.2, 0.25) is 0 Å². The number of carboxylic acid groups (broad SMARTS) is 1. The SMILES string of the molecule is COCC1C[C@@H]2CN(Cc3ccccc3)C[C@H]1N2C(=O)O. The fraction of sp³-hybridized carbons (Fsp3) is 0.562. The third-order valence-electron chi connectivity index (χ3n) is 4.63. The van der Waals surface area contributed by atoms with E-state index in [1.807, 2.05) is 18.2 Å². The Bertz CT molecular complexity index is 494. The van der Waals surface area contributed by atoms with Gasteiger partial charge in [0.1, 0.15) is 0 Å². The first-order chi connectivity index (χ1) is 10.2. The number of methoxy groups -OCH3 is 1. The Morgan fingerprint density at radius 3 is 2.76 bits per heavy atom. The minimum absolute atomic E-state index is 0.0601. The van der Waals surface area contributed by atoms with Crippen LogP contribution in [0, 0.1) is 5.92 Å². The van der Waals surface area contributed by atoms with Crippen molar-refractivity contribution in [3.63, 3.8) is 0 Å². The van der Waals surface area contributed by atoms with E-state index < -0.39 is 6.09 Å². The average Bonchev–Trinajstić information content (AvgIpc) is 2.69. The lowest BCUT2D eigenvalue weighted by atomic mass is 10.0. The van der Waals surface area contributed by atoms with Gasteiger partial charge >= 0.3 is 6.09 Å². The normalized spacial score (nSPS) is 28.8. The van der Waals surface area contributed by atoms with Crippen LogP contribution in [-0.4, -0.2) is 59.9 Å².